The monoisotopic (exact) mass is 772 g/mol. The van der Waals surface area contributed by atoms with Crippen molar-refractivity contribution in [1.29, 1.82) is 0 Å². The van der Waals surface area contributed by atoms with Gasteiger partial charge in [0.25, 0.3) is 0 Å². The lowest BCUT2D eigenvalue weighted by atomic mass is 10.00. The van der Waals surface area contributed by atoms with Crippen LogP contribution in [0.3, 0.4) is 0 Å². The van der Waals surface area contributed by atoms with Gasteiger partial charge in [0, 0.05) is 0 Å². The molecule has 9 aromatic carbocycles. The van der Waals surface area contributed by atoms with E-state index in [4.69, 9.17) is 18.8 Å². The van der Waals surface area contributed by atoms with Crippen LogP contribution >= 0.6 is 0 Å². The zero-order valence-corrected chi connectivity index (χ0v) is 32.4. The highest BCUT2D eigenvalue weighted by molar-refractivity contribution is 5.92. The van der Waals surface area contributed by atoms with Gasteiger partial charge in [-0.05, 0) is 123 Å². The van der Waals surface area contributed by atoms with Gasteiger partial charge in [0.05, 0.1) is 22.7 Å². The molecule has 0 saturated carbocycles. The van der Waals surface area contributed by atoms with Gasteiger partial charge in [-0.2, -0.15) is 9.97 Å². The first kappa shape index (κ1) is 35.0. The van der Waals surface area contributed by atoms with Gasteiger partial charge >= 0.3 is 12.0 Å². The number of oxazole rings is 2. The summed E-state index contributed by atoms with van der Waals surface area (Å²) in [5.41, 5.74) is 13.8. The molecule has 0 aliphatic heterocycles. The summed E-state index contributed by atoms with van der Waals surface area (Å²) in [6.45, 7) is 0. The van der Waals surface area contributed by atoms with Crippen molar-refractivity contribution >= 4 is 67.8 Å². The third-order valence-electron chi connectivity index (χ3n) is 11.0. The summed E-state index contributed by atoms with van der Waals surface area (Å²) >= 11 is 0. The molecule has 2 heterocycles. The molecule has 11 aromatic rings. The maximum Gasteiger partial charge on any atom is 0.307 e. The van der Waals surface area contributed by atoms with Crippen LogP contribution in [-0.4, -0.2) is 9.97 Å². The summed E-state index contributed by atoms with van der Waals surface area (Å²) in [5, 5.41) is 2.24. The summed E-state index contributed by atoms with van der Waals surface area (Å²) in [6.07, 6.45) is 0. The molecule has 0 bridgehead atoms. The smallest absolute Gasteiger partial charge is 0.307 e. The molecule has 0 spiro atoms. The number of aromatic nitrogens is 2. The number of hydrogen-bond donors (Lipinski definition) is 0. The topological polar surface area (TPSA) is 58.5 Å². The van der Waals surface area contributed by atoms with E-state index >= 15 is 0 Å². The Kier molecular flexibility index (Phi) is 8.71. The van der Waals surface area contributed by atoms with Crippen molar-refractivity contribution in [2.45, 2.75) is 0 Å². The minimum absolute atomic E-state index is 0.511. The second-order valence-corrected chi connectivity index (χ2v) is 14.7. The SMILES string of the molecule is c1ccc(-c2ccc(N(c3ccc(-c4ccc5cc(N(c6ccc(-c7ccccc7)cc6)c6nc7ccccc7o6)ccc5c4)cc3)c3nc4ccccc4o3)cc2)cc1. The Hall–Kier alpha value is -8.22. The third kappa shape index (κ3) is 6.62. The molecule has 11 rings (SSSR count). The average Bonchev–Trinajstić information content (AvgIpc) is 3.95. The fourth-order valence-corrected chi connectivity index (χ4v) is 7.87. The minimum atomic E-state index is 0.511. The molecular formula is C54H36N4O2. The molecule has 0 radical (unpaired) electrons. The Labute approximate surface area is 346 Å². The average molecular weight is 773 g/mol. The van der Waals surface area contributed by atoms with Crippen molar-refractivity contribution in [3.63, 3.8) is 0 Å². The molecule has 0 fully saturated rings. The predicted octanol–water partition coefficient (Wildman–Crippen LogP) is 15.1. The van der Waals surface area contributed by atoms with Crippen LogP contribution in [0.4, 0.5) is 34.8 Å². The summed E-state index contributed by atoms with van der Waals surface area (Å²) in [5.74, 6) is 0. The Balaban J connectivity index is 0.921. The lowest BCUT2D eigenvalue weighted by Crippen LogP contribution is -2.10. The van der Waals surface area contributed by atoms with E-state index < -0.39 is 0 Å². The molecule has 0 N–H and O–H groups in total. The van der Waals surface area contributed by atoms with Crippen molar-refractivity contribution in [2.24, 2.45) is 0 Å². The van der Waals surface area contributed by atoms with Crippen LogP contribution in [0, 0.1) is 0 Å². The van der Waals surface area contributed by atoms with Crippen LogP contribution in [0.1, 0.15) is 0 Å². The fourth-order valence-electron chi connectivity index (χ4n) is 7.87. The molecule has 0 aliphatic rings. The van der Waals surface area contributed by atoms with Crippen LogP contribution in [0.25, 0.3) is 66.4 Å². The zero-order chi connectivity index (χ0) is 39.8. The summed E-state index contributed by atoms with van der Waals surface area (Å²) in [7, 11) is 0. The normalized spacial score (nSPS) is 11.3. The zero-order valence-electron chi connectivity index (χ0n) is 32.4. The molecule has 6 nitrogen and oxygen atoms in total. The highest BCUT2D eigenvalue weighted by Crippen LogP contribution is 2.40. The van der Waals surface area contributed by atoms with Crippen LogP contribution in [-0.2, 0) is 0 Å². The lowest BCUT2D eigenvalue weighted by Gasteiger charge is -2.22. The van der Waals surface area contributed by atoms with Crippen LogP contribution in [0.2, 0.25) is 0 Å². The fraction of sp³-hybridized carbons (Fsp3) is 0. The lowest BCUT2D eigenvalue weighted by molar-refractivity contribution is 0.608. The number of rotatable bonds is 9. The highest BCUT2D eigenvalue weighted by atomic mass is 16.4. The molecule has 0 aliphatic carbocycles. The molecular weight excluding hydrogens is 737 g/mol. The molecule has 6 heteroatoms. The first-order valence-electron chi connectivity index (χ1n) is 20.0. The Morgan fingerprint density at radius 3 is 1.12 bits per heavy atom. The highest BCUT2D eigenvalue weighted by Gasteiger charge is 2.21. The maximum atomic E-state index is 6.37. The number of benzene rings is 9. The number of anilines is 6. The molecule has 284 valence electrons. The standard InChI is InChI=1S/C54H36N4O2/c1-3-11-37(12-4-1)39-21-28-45(29-22-39)57(53-55-49-15-7-9-17-51(49)59-53)46-32-25-41(26-33-46)42-19-20-44-36-48(34-27-43(44)35-42)58(54-56-50-16-8-10-18-52(50)60-54)47-30-23-40(24-31-47)38-13-5-2-6-14-38/h1-36H. The van der Waals surface area contributed by atoms with E-state index in [0.29, 0.717) is 12.0 Å². The Morgan fingerprint density at radius 1 is 0.283 bits per heavy atom. The van der Waals surface area contributed by atoms with E-state index in [9.17, 15) is 0 Å². The quantitative estimate of drug-likeness (QED) is 0.146. The van der Waals surface area contributed by atoms with E-state index in [1.54, 1.807) is 0 Å². The Bertz CT molecular complexity index is 3180. The third-order valence-corrected chi connectivity index (χ3v) is 11.0. The van der Waals surface area contributed by atoms with Gasteiger partial charge in [-0.1, -0.05) is 140 Å². The van der Waals surface area contributed by atoms with Crippen LogP contribution in [0.15, 0.2) is 227 Å². The molecule has 0 saturated heterocycles. The van der Waals surface area contributed by atoms with Gasteiger partial charge in [0.2, 0.25) is 0 Å². The van der Waals surface area contributed by atoms with Crippen molar-refractivity contribution in [2.75, 3.05) is 9.80 Å². The maximum absolute atomic E-state index is 6.37. The second-order valence-electron chi connectivity index (χ2n) is 14.7. The summed E-state index contributed by atoms with van der Waals surface area (Å²) in [6, 6.07) is 76.3. The minimum Gasteiger partial charge on any atom is -0.423 e. The Morgan fingerprint density at radius 2 is 0.633 bits per heavy atom. The van der Waals surface area contributed by atoms with Crippen molar-refractivity contribution < 1.29 is 8.83 Å². The predicted molar refractivity (Wildman–Crippen MR) is 245 cm³/mol. The summed E-state index contributed by atoms with van der Waals surface area (Å²) < 4.78 is 12.7. The van der Waals surface area contributed by atoms with Gasteiger partial charge in [-0.15, -0.1) is 0 Å². The molecule has 2 aromatic heterocycles. The van der Waals surface area contributed by atoms with Crippen LogP contribution < -0.4 is 9.80 Å². The van der Waals surface area contributed by atoms with Crippen molar-refractivity contribution in [1.82, 2.24) is 9.97 Å². The number of hydrogen-bond acceptors (Lipinski definition) is 6. The van der Waals surface area contributed by atoms with Gasteiger partial charge in [-0.3, -0.25) is 9.80 Å². The van der Waals surface area contributed by atoms with Gasteiger partial charge in [0.1, 0.15) is 11.0 Å². The van der Waals surface area contributed by atoms with Crippen molar-refractivity contribution in [3.8, 4) is 33.4 Å². The first-order valence-corrected chi connectivity index (χ1v) is 20.0. The van der Waals surface area contributed by atoms with Gasteiger partial charge in [-0.25, -0.2) is 0 Å². The second kappa shape index (κ2) is 14.9. The number of fused-ring (bicyclic) bond motifs is 3. The van der Waals surface area contributed by atoms with E-state index in [2.05, 4.69) is 168 Å². The molecule has 0 amide bonds. The van der Waals surface area contributed by atoms with Gasteiger partial charge in [0.15, 0.2) is 11.2 Å². The summed E-state index contributed by atoms with van der Waals surface area (Å²) in [4.78, 5) is 14.0. The number of para-hydroxylation sites is 4. The molecule has 60 heavy (non-hydrogen) atoms. The van der Waals surface area contributed by atoms with E-state index in [0.717, 1.165) is 78.0 Å². The molecule has 0 atom stereocenters. The van der Waals surface area contributed by atoms with E-state index in [1.165, 1.54) is 11.1 Å². The molecule has 0 unspecified atom stereocenters. The number of nitrogens with zero attached hydrogens (tertiary/aromatic N) is 4. The van der Waals surface area contributed by atoms with E-state index in [-0.39, 0.29) is 0 Å². The van der Waals surface area contributed by atoms with E-state index in [1.807, 2.05) is 60.7 Å². The largest absolute Gasteiger partial charge is 0.423 e. The first-order chi connectivity index (χ1) is 29.7. The van der Waals surface area contributed by atoms with Crippen LogP contribution in [0.5, 0.6) is 0 Å². The van der Waals surface area contributed by atoms with Gasteiger partial charge < -0.3 is 8.83 Å². The van der Waals surface area contributed by atoms with Crippen molar-refractivity contribution in [3.05, 3.63) is 218 Å².